The van der Waals surface area contributed by atoms with E-state index in [9.17, 15) is 9.18 Å². The molecule has 0 bridgehead atoms. The van der Waals surface area contributed by atoms with Crippen LogP contribution in [-0.4, -0.2) is 40.3 Å². The van der Waals surface area contributed by atoms with Gasteiger partial charge in [-0.25, -0.2) is 4.39 Å². The summed E-state index contributed by atoms with van der Waals surface area (Å²) in [6.07, 6.45) is 3.65. The van der Waals surface area contributed by atoms with Crippen LogP contribution >= 0.6 is 0 Å². The van der Waals surface area contributed by atoms with Crippen LogP contribution in [0.2, 0.25) is 0 Å². The highest BCUT2D eigenvalue weighted by molar-refractivity contribution is 6.05. The Balaban J connectivity index is 1.64. The minimum atomic E-state index is -0.303. The lowest BCUT2D eigenvalue weighted by Crippen LogP contribution is -2.37. The van der Waals surface area contributed by atoms with Gasteiger partial charge in [-0.2, -0.15) is 5.10 Å². The molecular weight excluding hydrogens is 333 g/mol. The Morgan fingerprint density at radius 1 is 1.31 bits per heavy atom. The van der Waals surface area contributed by atoms with Crippen LogP contribution in [0.5, 0.6) is 0 Å². The molecule has 0 saturated carbocycles. The highest BCUT2D eigenvalue weighted by Crippen LogP contribution is 2.21. The number of aromatic nitrogens is 2. The van der Waals surface area contributed by atoms with Crippen molar-refractivity contribution in [3.8, 4) is 0 Å². The Morgan fingerprint density at radius 2 is 2.19 bits per heavy atom. The zero-order chi connectivity index (χ0) is 17.9. The molecule has 2 heterocycles. The van der Waals surface area contributed by atoms with Gasteiger partial charge in [-0.1, -0.05) is 24.3 Å². The smallest absolute Gasteiger partial charge is 0.256 e. The first-order valence-corrected chi connectivity index (χ1v) is 8.78. The largest absolute Gasteiger partial charge is 0.376 e. The van der Waals surface area contributed by atoms with Crippen molar-refractivity contribution in [2.24, 2.45) is 0 Å². The first-order chi connectivity index (χ1) is 12.7. The third-order valence-corrected chi connectivity index (χ3v) is 4.70. The second-order valence-corrected chi connectivity index (χ2v) is 6.59. The van der Waals surface area contributed by atoms with Gasteiger partial charge in [-0.05, 0) is 36.6 Å². The van der Waals surface area contributed by atoms with Crippen molar-refractivity contribution in [3.63, 3.8) is 0 Å². The van der Waals surface area contributed by atoms with Crippen LogP contribution in [0.1, 0.15) is 28.8 Å². The van der Waals surface area contributed by atoms with Crippen molar-refractivity contribution in [1.29, 1.82) is 0 Å². The van der Waals surface area contributed by atoms with Crippen LogP contribution in [0.3, 0.4) is 0 Å². The number of carbonyl (C=O) groups excluding carboxylic acids is 1. The number of nitrogens with zero attached hydrogens (tertiary/aromatic N) is 2. The van der Waals surface area contributed by atoms with E-state index in [1.54, 1.807) is 23.2 Å². The standard InChI is InChI=1S/C20H20FN3O2/c21-16-6-1-4-14(10-16)12-24(13-17-7-3-9-26-17)20(25)18-8-2-5-15-11-22-23-19(15)18/h1-2,4-6,8,10-11,17H,3,7,9,12-13H2,(H,22,23)/t17-/m1/s1. The maximum Gasteiger partial charge on any atom is 0.256 e. The van der Waals surface area contributed by atoms with E-state index < -0.39 is 0 Å². The lowest BCUT2D eigenvalue weighted by atomic mass is 10.1. The molecule has 0 aliphatic carbocycles. The van der Waals surface area contributed by atoms with Crippen LogP contribution < -0.4 is 0 Å². The molecule has 1 amide bonds. The third-order valence-electron chi connectivity index (χ3n) is 4.70. The predicted molar refractivity (Wildman–Crippen MR) is 96.2 cm³/mol. The number of ether oxygens (including phenoxy) is 1. The number of rotatable bonds is 5. The summed E-state index contributed by atoms with van der Waals surface area (Å²) in [6.45, 7) is 1.55. The second kappa shape index (κ2) is 7.25. The molecule has 134 valence electrons. The number of hydrogen-bond acceptors (Lipinski definition) is 3. The lowest BCUT2D eigenvalue weighted by Gasteiger charge is -2.26. The number of amides is 1. The van der Waals surface area contributed by atoms with Gasteiger partial charge in [0.15, 0.2) is 0 Å². The maximum atomic E-state index is 13.6. The van der Waals surface area contributed by atoms with Gasteiger partial charge in [-0.3, -0.25) is 9.89 Å². The number of aromatic amines is 1. The fourth-order valence-corrected chi connectivity index (χ4v) is 3.43. The van der Waals surface area contributed by atoms with E-state index in [0.717, 1.165) is 30.4 Å². The summed E-state index contributed by atoms with van der Waals surface area (Å²) in [7, 11) is 0. The van der Waals surface area contributed by atoms with Gasteiger partial charge in [0.2, 0.25) is 0 Å². The molecule has 5 nitrogen and oxygen atoms in total. The highest BCUT2D eigenvalue weighted by atomic mass is 19.1. The molecule has 1 N–H and O–H groups in total. The summed E-state index contributed by atoms with van der Waals surface area (Å²) in [5.74, 6) is -0.415. The van der Waals surface area contributed by atoms with Crippen molar-refractivity contribution >= 4 is 16.8 Å². The number of benzene rings is 2. The molecule has 0 radical (unpaired) electrons. The van der Waals surface area contributed by atoms with Gasteiger partial charge < -0.3 is 9.64 Å². The Labute approximate surface area is 150 Å². The molecule has 26 heavy (non-hydrogen) atoms. The summed E-state index contributed by atoms with van der Waals surface area (Å²) < 4.78 is 19.3. The summed E-state index contributed by atoms with van der Waals surface area (Å²) in [6, 6.07) is 11.9. The van der Waals surface area contributed by atoms with E-state index in [-0.39, 0.29) is 17.8 Å². The van der Waals surface area contributed by atoms with Crippen LogP contribution in [0, 0.1) is 5.82 Å². The fourth-order valence-electron chi connectivity index (χ4n) is 3.43. The summed E-state index contributed by atoms with van der Waals surface area (Å²) in [5.41, 5.74) is 2.04. The molecule has 1 saturated heterocycles. The molecule has 0 spiro atoms. The number of carbonyl (C=O) groups is 1. The summed E-state index contributed by atoms with van der Waals surface area (Å²) in [4.78, 5) is 15.0. The minimum absolute atomic E-state index is 0.0217. The highest BCUT2D eigenvalue weighted by Gasteiger charge is 2.25. The molecule has 1 aromatic heterocycles. The molecule has 6 heteroatoms. The van der Waals surface area contributed by atoms with Gasteiger partial charge >= 0.3 is 0 Å². The number of halogens is 1. The molecule has 4 rings (SSSR count). The van der Waals surface area contributed by atoms with Gasteiger partial charge in [0.1, 0.15) is 5.82 Å². The molecule has 1 aliphatic rings. The van der Waals surface area contributed by atoms with Crippen LogP contribution in [0.4, 0.5) is 4.39 Å². The maximum absolute atomic E-state index is 13.6. The second-order valence-electron chi connectivity index (χ2n) is 6.59. The molecular formula is C20H20FN3O2. The summed E-state index contributed by atoms with van der Waals surface area (Å²) >= 11 is 0. The first-order valence-electron chi connectivity index (χ1n) is 8.78. The van der Waals surface area contributed by atoms with Crippen molar-refractivity contribution in [2.45, 2.75) is 25.5 Å². The Morgan fingerprint density at radius 3 is 3.00 bits per heavy atom. The minimum Gasteiger partial charge on any atom is -0.376 e. The average molecular weight is 353 g/mol. The molecule has 2 aromatic carbocycles. The van der Waals surface area contributed by atoms with Gasteiger partial charge in [0.25, 0.3) is 5.91 Å². The monoisotopic (exact) mass is 353 g/mol. The SMILES string of the molecule is O=C(c1cccc2cn[nH]c12)N(Cc1cccc(F)c1)C[C@H]1CCCO1. The quantitative estimate of drug-likeness (QED) is 0.763. The number of nitrogens with one attached hydrogen (secondary N) is 1. The van der Waals surface area contributed by atoms with E-state index in [4.69, 9.17) is 4.74 Å². The first kappa shape index (κ1) is 16.7. The number of hydrogen-bond donors (Lipinski definition) is 1. The average Bonchev–Trinajstić information content (AvgIpc) is 3.31. The Bertz CT molecular complexity index is 918. The zero-order valence-electron chi connectivity index (χ0n) is 14.3. The third kappa shape index (κ3) is 3.46. The predicted octanol–water partition coefficient (Wildman–Crippen LogP) is 3.52. The van der Waals surface area contributed by atoms with Gasteiger partial charge in [-0.15, -0.1) is 0 Å². The van der Waals surface area contributed by atoms with Crippen molar-refractivity contribution < 1.29 is 13.9 Å². The molecule has 1 atom stereocenters. The normalized spacial score (nSPS) is 16.9. The number of para-hydroxylation sites is 1. The molecule has 1 fully saturated rings. The van der Waals surface area contributed by atoms with E-state index >= 15 is 0 Å². The molecule has 0 unspecified atom stereocenters. The van der Waals surface area contributed by atoms with Crippen molar-refractivity contribution in [3.05, 3.63) is 65.6 Å². The number of fused-ring (bicyclic) bond motifs is 1. The van der Waals surface area contributed by atoms with E-state index in [1.165, 1.54) is 12.1 Å². The molecule has 3 aromatic rings. The fraction of sp³-hybridized carbons (Fsp3) is 0.300. The lowest BCUT2D eigenvalue weighted by molar-refractivity contribution is 0.0508. The van der Waals surface area contributed by atoms with Crippen molar-refractivity contribution in [2.75, 3.05) is 13.2 Å². The van der Waals surface area contributed by atoms with E-state index in [0.29, 0.717) is 24.2 Å². The zero-order valence-corrected chi connectivity index (χ0v) is 14.3. The topological polar surface area (TPSA) is 58.2 Å². The summed E-state index contributed by atoms with van der Waals surface area (Å²) in [5, 5.41) is 7.82. The van der Waals surface area contributed by atoms with Gasteiger partial charge in [0.05, 0.1) is 23.4 Å². The Kier molecular flexibility index (Phi) is 4.67. The molecule has 1 aliphatic heterocycles. The van der Waals surface area contributed by atoms with E-state index in [1.807, 2.05) is 18.2 Å². The van der Waals surface area contributed by atoms with Crippen LogP contribution in [0.15, 0.2) is 48.7 Å². The van der Waals surface area contributed by atoms with E-state index in [2.05, 4.69) is 10.2 Å². The number of H-pyrrole nitrogens is 1. The Hall–Kier alpha value is -2.73. The van der Waals surface area contributed by atoms with Crippen molar-refractivity contribution in [1.82, 2.24) is 15.1 Å². The van der Waals surface area contributed by atoms with Gasteiger partial charge in [0, 0.05) is 25.1 Å². The van der Waals surface area contributed by atoms with Crippen LogP contribution in [-0.2, 0) is 11.3 Å². The van der Waals surface area contributed by atoms with Crippen LogP contribution in [0.25, 0.3) is 10.9 Å².